The number of nitrogens with zero attached hydrogens (tertiary/aromatic N) is 6. The number of fused-ring (bicyclic) bond motifs is 10. The number of hydrogen-bond acceptors (Lipinski definition) is 3. The molecule has 0 aliphatic heterocycles. The number of para-hydroxylation sites is 4. The van der Waals surface area contributed by atoms with Crippen LogP contribution in [0.25, 0.3) is 128 Å². The Morgan fingerprint density at radius 2 is 0.812 bits per heavy atom. The van der Waals surface area contributed by atoms with Crippen molar-refractivity contribution in [1.82, 2.24) is 28.7 Å². The van der Waals surface area contributed by atoms with E-state index in [1.165, 1.54) is 21.9 Å². The van der Waals surface area contributed by atoms with Gasteiger partial charge < -0.3 is 9.13 Å². The van der Waals surface area contributed by atoms with Crippen molar-refractivity contribution in [3.8, 4) is 62.4 Å². The fourth-order valence-electron chi connectivity index (χ4n) is 10.7. The van der Waals surface area contributed by atoms with E-state index in [1.54, 1.807) is 0 Å². The molecule has 0 saturated heterocycles. The molecule has 0 bridgehead atoms. The van der Waals surface area contributed by atoms with E-state index < -0.39 is 0 Å². The highest BCUT2D eigenvalue weighted by atomic mass is 15.2. The predicted molar refractivity (Wildman–Crippen MR) is 285 cm³/mol. The van der Waals surface area contributed by atoms with Crippen LogP contribution in [0, 0.1) is 0 Å². The first-order valence-corrected chi connectivity index (χ1v) is 23.4. The maximum absolute atomic E-state index is 5.53. The fourth-order valence-corrected chi connectivity index (χ4v) is 10.7. The zero-order valence-electron chi connectivity index (χ0n) is 37.3. The summed E-state index contributed by atoms with van der Waals surface area (Å²) in [6.07, 6.45) is 0. The number of aromatic nitrogens is 6. The smallest absolute Gasteiger partial charge is 0.238 e. The summed E-state index contributed by atoms with van der Waals surface area (Å²) in [6.45, 7) is 0. The molecule has 0 unspecified atom stereocenters. The van der Waals surface area contributed by atoms with Crippen LogP contribution in [-0.4, -0.2) is 28.7 Å². The molecule has 0 fully saturated rings. The molecule has 0 spiro atoms. The summed E-state index contributed by atoms with van der Waals surface area (Å²) >= 11 is 0. The van der Waals surface area contributed by atoms with Gasteiger partial charge in [0.25, 0.3) is 0 Å². The van der Waals surface area contributed by atoms with Gasteiger partial charge in [0.1, 0.15) is 0 Å². The van der Waals surface area contributed by atoms with Gasteiger partial charge in [0.2, 0.25) is 5.95 Å². The van der Waals surface area contributed by atoms with Crippen LogP contribution in [0.1, 0.15) is 0 Å². The number of rotatable bonds is 7. The van der Waals surface area contributed by atoms with Crippen molar-refractivity contribution in [3.05, 3.63) is 243 Å². The lowest BCUT2D eigenvalue weighted by molar-refractivity contribution is 0.954. The molecule has 6 nitrogen and oxygen atoms in total. The van der Waals surface area contributed by atoms with Gasteiger partial charge in [0, 0.05) is 54.7 Å². The average Bonchev–Trinajstić information content (AvgIpc) is 4.07. The van der Waals surface area contributed by atoms with Gasteiger partial charge in [-0.1, -0.05) is 188 Å². The van der Waals surface area contributed by atoms with Crippen molar-refractivity contribution < 1.29 is 0 Å². The van der Waals surface area contributed by atoms with Crippen molar-refractivity contribution >= 4 is 65.4 Å². The van der Waals surface area contributed by atoms with E-state index >= 15 is 0 Å². The summed E-state index contributed by atoms with van der Waals surface area (Å²) < 4.78 is 7.07. The van der Waals surface area contributed by atoms with Crippen LogP contribution in [0.3, 0.4) is 0 Å². The molecule has 0 amide bonds. The van der Waals surface area contributed by atoms with Gasteiger partial charge in [-0.15, -0.1) is 0 Å². The minimum absolute atomic E-state index is 0.549. The maximum atomic E-state index is 5.53. The molecular formula is C63H40N6. The zero-order valence-corrected chi connectivity index (χ0v) is 37.3. The third-order valence-electron chi connectivity index (χ3n) is 13.7. The van der Waals surface area contributed by atoms with E-state index in [0.717, 1.165) is 88.3 Å². The third-order valence-corrected chi connectivity index (χ3v) is 13.7. The molecule has 0 aliphatic carbocycles. The Morgan fingerprint density at radius 3 is 1.52 bits per heavy atom. The van der Waals surface area contributed by atoms with Crippen molar-refractivity contribution in [3.63, 3.8) is 0 Å². The van der Waals surface area contributed by atoms with Crippen LogP contribution in [0.5, 0.6) is 0 Å². The predicted octanol–water partition coefficient (Wildman–Crippen LogP) is 15.8. The van der Waals surface area contributed by atoms with Gasteiger partial charge in [-0.3, -0.25) is 4.57 Å². The molecule has 0 aliphatic rings. The second-order valence-electron chi connectivity index (χ2n) is 17.6. The van der Waals surface area contributed by atoms with Crippen molar-refractivity contribution in [1.29, 1.82) is 0 Å². The standard InChI is InChI=1S/C63H40N6/c1-5-20-41(21-6-1)44-36-38-55(51(40-44)42-22-7-2-8-23-42)68-52-32-16-13-28-46(52)47-37-39-57-59(60(47)68)49-30-15-18-34-54(49)69(57)63-65-61(43-24-9-3-10-25-43)64-62(66-63)50-31-19-35-56-58(50)48-29-14-17-33-53(48)67(56)45-26-11-4-12-27-45/h1-40H. The summed E-state index contributed by atoms with van der Waals surface area (Å²) in [5, 5.41) is 6.83. The summed E-state index contributed by atoms with van der Waals surface area (Å²) in [5.41, 5.74) is 15.2. The van der Waals surface area contributed by atoms with Gasteiger partial charge in [-0.25, -0.2) is 4.98 Å². The molecule has 0 radical (unpaired) electrons. The van der Waals surface area contributed by atoms with Crippen LogP contribution in [0.4, 0.5) is 0 Å². The molecule has 14 rings (SSSR count). The van der Waals surface area contributed by atoms with E-state index in [4.69, 9.17) is 15.0 Å². The Balaban J connectivity index is 1.07. The molecule has 0 N–H and O–H groups in total. The third kappa shape index (κ3) is 6.09. The average molecular weight is 881 g/mol. The van der Waals surface area contributed by atoms with E-state index in [2.05, 4.69) is 238 Å². The number of benzene rings is 10. The number of hydrogen-bond donors (Lipinski definition) is 0. The van der Waals surface area contributed by atoms with Crippen LogP contribution in [0.2, 0.25) is 0 Å². The summed E-state index contributed by atoms with van der Waals surface area (Å²) in [4.78, 5) is 16.3. The Labute approximate surface area is 397 Å². The summed E-state index contributed by atoms with van der Waals surface area (Å²) in [5.74, 6) is 1.76. The molecule has 322 valence electrons. The maximum Gasteiger partial charge on any atom is 0.238 e. The molecule has 69 heavy (non-hydrogen) atoms. The van der Waals surface area contributed by atoms with Crippen LogP contribution in [-0.2, 0) is 0 Å². The molecule has 4 heterocycles. The lowest BCUT2D eigenvalue weighted by Gasteiger charge is -2.17. The molecule has 10 aromatic carbocycles. The molecule has 0 atom stereocenters. The molecule has 4 aromatic heterocycles. The highest BCUT2D eigenvalue weighted by molar-refractivity contribution is 6.26. The lowest BCUT2D eigenvalue weighted by Crippen LogP contribution is -2.06. The van der Waals surface area contributed by atoms with Crippen LogP contribution >= 0.6 is 0 Å². The Kier molecular flexibility index (Phi) is 8.79. The molecule has 6 heteroatoms. The van der Waals surface area contributed by atoms with Gasteiger partial charge in [-0.2, -0.15) is 9.97 Å². The highest BCUT2D eigenvalue weighted by Crippen LogP contribution is 2.45. The van der Waals surface area contributed by atoms with E-state index in [9.17, 15) is 0 Å². The second kappa shape index (κ2) is 15.6. The highest BCUT2D eigenvalue weighted by Gasteiger charge is 2.25. The van der Waals surface area contributed by atoms with Gasteiger partial charge >= 0.3 is 0 Å². The minimum atomic E-state index is 0.549. The largest absolute Gasteiger partial charge is 0.309 e. The first-order valence-electron chi connectivity index (χ1n) is 23.4. The Hall–Kier alpha value is -9.39. The van der Waals surface area contributed by atoms with Gasteiger partial charge in [-0.05, 0) is 71.3 Å². The fraction of sp³-hybridized carbons (Fsp3) is 0. The Bertz CT molecular complexity index is 4280. The van der Waals surface area contributed by atoms with Crippen LogP contribution < -0.4 is 0 Å². The van der Waals surface area contributed by atoms with Gasteiger partial charge in [0.15, 0.2) is 11.6 Å². The first-order chi connectivity index (χ1) is 34.3. The molecule has 14 aromatic rings. The second-order valence-corrected chi connectivity index (χ2v) is 17.6. The normalized spacial score (nSPS) is 11.8. The van der Waals surface area contributed by atoms with Crippen LogP contribution in [0.15, 0.2) is 243 Å². The monoisotopic (exact) mass is 880 g/mol. The Morgan fingerprint density at radius 1 is 0.275 bits per heavy atom. The van der Waals surface area contributed by atoms with Crippen molar-refractivity contribution in [2.75, 3.05) is 0 Å². The first kappa shape index (κ1) is 38.8. The van der Waals surface area contributed by atoms with E-state index in [0.29, 0.717) is 17.6 Å². The molecular weight excluding hydrogens is 841 g/mol. The SMILES string of the molecule is c1ccc(-c2ccc(-n3c4ccccc4c4ccc5c(c6ccccc6n5-c5nc(-c6ccccc6)nc(-c6cccc7c6c6ccccc6n7-c6ccccc6)n5)c43)c(-c3ccccc3)c2)cc1. The van der Waals surface area contributed by atoms with Crippen molar-refractivity contribution in [2.45, 2.75) is 0 Å². The van der Waals surface area contributed by atoms with Gasteiger partial charge in [0.05, 0.1) is 38.8 Å². The minimum Gasteiger partial charge on any atom is -0.309 e. The van der Waals surface area contributed by atoms with E-state index in [1.807, 2.05) is 18.2 Å². The lowest BCUT2D eigenvalue weighted by atomic mass is 9.97. The molecule has 0 saturated carbocycles. The quantitative estimate of drug-likeness (QED) is 0.160. The van der Waals surface area contributed by atoms with Crippen molar-refractivity contribution in [2.24, 2.45) is 0 Å². The summed E-state index contributed by atoms with van der Waals surface area (Å²) in [7, 11) is 0. The summed E-state index contributed by atoms with van der Waals surface area (Å²) in [6, 6.07) is 86.2. The van der Waals surface area contributed by atoms with E-state index in [-0.39, 0.29) is 0 Å². The zero-order chi connectivity index (χ0) is 45.4. The topological polar surface area (TPSA) is 53.5 Å².